The number of rotatable bonds is 5. The lowest BCUT2D eigenvalue weighted by Crippen LogP contribution is -2.11. The molecule has 0 spiro atoms. The molecule has 0 atom stereocenters. The average Bonchev–Trinajstić information content (AvgIpc) is 2.38. The molecule has 0 amide bonds. The van der Waals surface area contributed by atoms with E-state index in [1.165, 1.54) is 18.2 Å². The summed E-state index contributed by atoms with van der Waals surface area (Å²) in [4.78, 5) is 4.26. The highest BCUT2D eigenvalue weighted by Crippen LogP contribution is 2.21. The Morgan fingerprint density at radius 1 is 1.29 bits per heavy atom. The maximum Gasteiger partial charge on any atom is 0.229 e. The number of benzene rings is 1. The topological polar surface area (TPSA) is 71.1 Å². The van der Waals surface area contributed by atoms with E-state index in [0.29, 0.717) is 12.2 Å². The van der Waals surface area contributed by atoms with Gasteiger partial charge in [-0.15, -0.1) is 0 Å². The van der Waals surface area contributed by atoms with Crippen LogP contribution in [0.15, 0.2) is 41.0 Å². The third-order valence-electron chi connectivity index (χ3n) is 2.51. The summed E-state index contributed by atoms with van der Waals surface area (Å²) in [5, 5.41) is 3.06. The normalized spacial score (nSPS) is 11.2. The average molecular weight is 374 g/mol. The molecule has 0 aliphatic carbocycles. The zero-order chi connectivity index (χ0) is 15.5. The minimum atomic E-state index is -3.53. The van der Waals surface area contributed by atoms with Gasteiger partial charge in [-0.3, -0.25) is 4.72 Å². The van der Waals surface area contributed by atoms with Crippen LogP contribution in [-0.4, -0.2) is 19.7 Å². The fourth-order valence-corrected chi connectivity index (χ4v) is 2.59. The SMILES string of the molecule is CS(=O)(=O)Nc1cc(NCc2cccc(Br)n2)ccc1F. The molecule has 8 heteroatoms. The number of pyridine rings is 1. The molecule has 0 aliphatic rings. The number of nitrogens with one attached hydrogen (secondary N) is 2. The van der Waals surface area contributed by atoms with Crippen molar-refractivity contribution >= 4 is 37.3 Å². The molecule has 0 radical (unpaired) electrons. The lowest BCUT2D eigenvalue weighted by molar-refractivity contribution is 0.604. The summed E-state index contributed by atoms with van der Waals surface area (Å²) in [6, 6.07) is 9.64. The van der Waals surface area contributed by atoms with Crippen LogP contribution < -0.4 is 10.0 Å². The zero-order valence-electron chi connectivity index (χ0n) is 11.1. The van der Waals surface area contributed by atoms with Crippen molar-refractivity contribution in [2.24, 2.45) is 0 Å². The summed E-state index contributed by atoms with van der Waals surface area (Å²) in [5.74, 6) is -0.633. The van der Waals surface area contributed by atoms with E-state index in [-0.39, 0.29) is 5.69 Å². The molecule has 0 saturated heterocycles. The molecule has 1 aromatic heterocycles. The fourth-order valence-electron chi connectivity index (χ4n) is 1.65. The second kappa shape index (κ2) is 6.40. The highest BCUT2D eigenvalue weighted by Gasteiger charge is 2.08. The summed E-state index contributed by atoms with van der Waals surface area (Å²) in [6.45, 7) is 0.434. The number of anilines is 2. The van der Waals surface area contributed by atoms with E-state index in [2.05, 4.69) is 31.0 Å². The molecule has 2 rings (SSSR count). The van der Waals surface area contributed by atoms with Crippen molar-refractivity contribution in [1.82, 2.24) is 4.98 Å². The summed E-state index contributed by atoms with van der Waals surface area (Å²) in [6.07, 6.45) is 0.970. The first-order valence-electron chi connectivity index (χ1n) is 5.96. The van der Waals surface area contributed by atoms with E-state index in [9.17, 15) is 12.8 Å². The molecule has 21 heavy (non-hydrogen) atoms. The van der Waals surface area contributed by atoms with Gasteiger partial charge >= 0.3 is 0 Å². The molecule has 0 aliphatic heterocycles. The molecule has 0 saturated carbocycles. The molecule has 0 bridgehead atoms. The van der Waals surface area contributed by atoms with Gasteiger partial charge in [-0.2, -0.15) is 0 Å². The number of hydrogen-bond donors (Lipinski definition) is 2. The Labute approximate surface area is 130 Å². The van der Waals surface area contributed by atoms with E-state index in [1.54, 1.807) is 0 Å². The smallest absolute Gasteiger partial charge is 0.229 e. The molecule has 0 unspecified atom stereocenters. The zero-order valence-corrected chi connectivity index (χ0v) is 13.5. The second-order valence-corrected chi connectivity index (χ2v) is 6.93. The Morgan fingerprint density at radius 3 is 2.71 bits per heavy atom. The van der Waals surface area contributed by atoms with E-state index < -0.39 is 15.8 Å². The van der Waals surface area contributed by atoms with Crippen molar-refractivity contribution in [2.75, 3.05) is 16.3 Å². The monoisotopic (exact) mass is 373 g/mol. The van der Waals surface area contributed by atoms with Crippen LogP contribution in [0, 0.1) is 5.82 Å². The molecule has 112 valence electrons. The van der Waals surface area contributed by atoms with Crippen LogP contribution in [0.5, 0.6) is 0 Å². The third kappa shape index (κ3) is 4.98. The molecule has 0 fully saturated rings. The van der Waals surface area contributed by atoms with Crippen molar-refractivity contribution < 1.29 is 12.8 Å². The predicted octanol–water partition coefficient (Wildman–Crippen LogP) is 2.97. The van der Waals surface area contributed by atoms with Gasteiger partial charge in [-0.25, -0.2) is 17.8 Å². The maximum absolute atomic E-state index is 13.5. The highest BCUT2D eigenvalue weighted by molar-refractivity contribution is 9.10. The Bertz CT molecular complexity index is 753. The Morgan fingerprint density at radius 2 is 2.05 bits per heavy atom. The molecule has 2 N–H and O–H groups in total. The van der Waals surface area contributed by atoms with Crippen molar-refractivity contribution in [3.05, 3.63) is 52.5 Å². The molecule has 1 aromatic carbocycles. The van der Waals surface area contributed by atoms with Crippen LogP contribution in [0.4, 0.5) is 15.8 Å². The van der Waals surface area contributed by atoms with E-state index in [4.69, 9.17) is 0 Å². The lowest BCUT2D eigenvalue weighted by Gasteiger charge is -2.10. The first kappa shape index (κ1) is 15.7. The molecular formula is C13H13BrFN3O2S. The summed E-state index contributed by atoms with van der Waals surface area (Å²) in [7, 11) is -3.53. The summed E-state index contributed by atoms with van der Waals surface area (Å²) >= 11 is 3.28. The number of sulfonamides is 1. The fraction of sp³-hybridized carbons (Fsp3) is 0.154. The van der Waals surface area contributed by atoms with E-state index >= 15 is 0 Å². The van der Waals surface area contributed by atoms with Gasteiger partial charge in [0.2, 0.25) is 10.0 Å². The van der Waals surface area contributed by atoms with E-state index in [1.807, 2.05) is 18.2 Å². The Balaban J connectivity index is 2.12. The summed E-state index contributed by atoms with van der Waals surface area (Å²) < 4.78 is 38.7. The number of aromatic nitrogens is 1. The minimum Gasteiger partial charge on any atom is -0.379 e. The maximum atomic E-state index is 13.5. The number of hydrogen-bond acceptors (Lipinski definition) is 4. The van der Waals surface area contributed by atoms with Gasteiger partial charge in [0.05, 0.1) is 24.2 Å². The Kier molecular flexibility index (Phi) is 4.79. The van der Waals surface area contributed by atoms with Gasteiger partial charge in [0.1, 0.15) is 10.4 Å². The van der Waals surface area contributed by atoms with Crippen LogP contribution in [0.25, 0.3) is 0 Å². The highest BCUT2D eigenvalue weighted by atomic mass is 79.9. The molecule has 5 nitrogen and oxygen atoms in total. The van der Waals surface area contributed by atoms with Crippen LogP contribution in [-0.2, 0) is 16.6 Å². The lowest BCUT2D eigenvalue weighted by atomic mass is 10.2. The summed E-state index contributed by atoms with van der Waals surface area (Å²) in [5.41, 5.74) is 1.29. The van der Waals surface area contributed by atoms with Crippen molar-refractivity contribution in [1.29, 1.82) is 0 Å². The van der Waals surface area contributed by atoms with Gasteiger partial charge in [0, 0.05) is 5.69 Å². The minimum absolute atomic E-state index is 0.0929. The third-order valence-corrected chi connectivity index (χ3v) is 3.54. The van der Waals surface area contributed by atoms with Gasteiger partial charge < -0.3 is 5.32 Å². The quantitative estimate of drug-likeness (QED) is 0.790. The molecule has 2 aromatic rings. The first-order valence-corrected chi connectivity index (χ1v) is 8.64. The predicted molar refractivity (Wildman–Crippen MR) is 84.1 cm³/mol. The van der Waals surface area contributed by atoms with Crippen LogP contribution in [0.2, 0.25) is 0 Å². The molecule has 1 heterocycles. The van der Waals surface area contributed by atoms with Gasteiger partial charge in [-0.05, 0) is 46.3 Å². The van der Waals surface area contributed by atoms with E-state index in [0.717, 1.165) is 16.6 Å². The van der Waals surface area contributed by atoms with Crippen molar-refractivity contribution in [2.45, 2.75) is 6.54 Å². The van der Waals surface area contributed by atoms with Gasteiger partial charge in [0.15, 0.2) is 0 Å². The molecular weight excluding hydrogens is 361 g/mol. The number of halogens is 2. The van der Waals surface area contributed by atoms with Crippen LogP contribution in [0.1, 0.15) is 5.69 Å². The van der Waals surface area contributed by atoms with Crippen LogP contribution >= 0.6 is 15.9 Å². The first-order chi connectivity index (χ1) is 9.83. The largest absolute Gasteiger partial charge is 0.379 e. The van der Waals surface area contributed by atoms with Gasteiger partial charge in [0.25, 0.3) is 0 Å². The number of nitrogens with zero attached hydrogens (tertiary/aromatic N) is 1. The van der Waals surface area contributed by atoms with Crippen molar-refractivity contribution in [3.8, 4) is 0 Å². The standard InChI is InChI=1S/C13H13BrFN3O2S/c1-21(19,20)18-12-7-9(5-6-11(12)15)16-8-10-3-2-4-13(14)17-10/h2-7,16,18H,8H2,1H3. The van der Waals surface area contributed by atoms with Crippen molar-refractivity contribution in [3.63, 3.8) is 0 Å². The van der Waals surface area contributed by atoms with Gasteiger partial charge in [-0.1, -0.05) is 6.07 Å². The van der Waals surface area contributed by atoms with Crippen LogP contribution in [0.3, 0.4) is 0 Å². The second-order valence-electron chi connectivity index (χ2n) is 4.37. The Hall–Kier alpha value is -1.67.